The number of carbonyl (C=O) groups is 8. The van der Waals surface area contributed by atoms with Gasteiger partial charge >= 0.3 is 0 Å². The molecule has 2 aliphatic heterocycles. The normalized spacial score (nSPS) is 30.4. The van der Waals surface area contributed by atoms with E-state index in [1.54, 1.807) is 27.9 Å². The Bertz CT molecular complexity index is 2590. The van der Waals surface area contributed by atoms with Crippen LogP contribution >= 0.6 is 0 Å². The van der Waals surface area contributed by atoms with Crippen molar-refractivity contribution < 1.29 is 38.4 Å². The van der Waals surface area contributed by atoms with Crippen LogP contribution in [0.25, 0.3) is 0 Å². The fourth-order valence-electron chi connectivity index (χ4n) is 14.4. The highest BCUT2D eigenvalue weighted by Crippen LogP contribution is 2.84. The highest BCUT2D eigenvalue weighted by atomic mass is 16.2. The Morgan fingerprint density at radius 1 is 0.545 bits per heavy atom. The third kappa shape index (κ3) is 11.0. The van der Waals surface area contributed by atoms with Crippen LogP contribution in [0.15, 0.2) is 60.7 Å². The van der Waals surface area contributed by atoms with Gasteiger partial charge in [0.1, 0.15) is 24.2 Å². The van der Waals surface area contributed by atoms with Gasteiger partial charge in [0.2, 0.25) is 47.3 Å². The van der Waals surface area contributed by atoms with Crippen molar-refractivity contribution in [3.8, 4) is 0 Å². The SMILES string of the molecule is CNC(C)C(=O)N[C@H](C(=O)N1C[C@@H](NC(=O)C23CC4CC5CC(C(=O)N[C@H]6C[C@@H](C(=O)N[C@H](C)c7ccccc7)N(C(=O)[C@@H](NC(=O)[C@H](C)NC)C(C)(C)C)C6)(C2)C5(C4)C3)C[C@H]1C(=O)N[C@H](C)c1ccccc1)C(C)(C)C. The third-order valence-electron chi connectivity index (χ3n) is 18.7. The molecule has 1 spiro atoms. The van der Waals surface area contributed by atoms with Crippen molar-refractivity contribution in [2.75, 3.05) is 27.2 Å². The molecule has 2 saturated heterocycles. The molecule has 18 nitrogen and oxygen atoms in total. The van der Waals surface area contributed by atoms with Crippen LogP contribution in [0.3, 0.4) is 0 Å². The van der Waals surface area contributed by atoms with Gasteiger partial charge in [-0.3, -0.25) is 38.4 Å². The molecule has 6 aliphatic rings. The zero-order valence-corrected chi connectivity index (χ0v) is 47.4. The summed E-state index contributed by atoms with van der Waals surface area (Å²) in [5.41, 5.74) is -1.78. The van der Waals surface area contributed by atoms with Gasteiger partial charge < -0.3 is 52.3 Å². The number of likely N-dealkylation sites (N-methyl/N-ethyl adjacent to an activating group) is 2. The Morgan fingerprint density at radius 2 is 0.974 bits per heavy atom. The van der Waals surface area contributed by atoms with Crippen LogP contribution < -0.4 is 42.5 Å². The quantitative estimate of drug-likeness (QED) is 0.108. The first-order chi connectivity index (χ1) is 36.2. The minimum atomic E-state index is -0.977. The number of likely N-dealkylation sites (tertiary alicyclic amines) is 2. The van der Waals surface area contributed by atoms with E-state index in [9.17, 15) is 28.8 Å². The lowest BCUT2D eigenvalue weighted by atomic mass is 9.46. The van der Waals surface area contributed by atoms with Crippen molar-refractivity contribution in [2.45, 2.75) is 181 Å². The number of benzene rings is 2. The molecule has 0 radical (unpaired) electrons. The Kier molecular flexibility index (Phi) is 16.2. The summed E-state index contributed by atoms with van der Waals surface area (Å²) >= 11 is 0. The van der Waals surface area contributed by atoms with Crippen molar-refractivity contribution >= 4 is 47.3 Å². The predicted molar refractivity (Wildman–Crippen MR) is 292 cm³/mol. The standard InChI is InChI=1S/C59H86N10O8/c1-33(38-19-15-13-16-20-38)62-49(72)43-24-41(29-68(43)51(74)45(55(5,6)7)66-47(70)35(3)60-11)64-53(76)57-26-37-23-40-28-59(32-57,58(40,27-37)31-57)54(77)65-42-25-44(50(73)63-34(2)39-21-17-14-18-22-39)69(30-42)52(75)46(56(8,9)10)67-48(71)36(4)61-12/h13-22,33-37,40-46,60-61H,23-32H2,1-12H3,(H,62,72)(H,63,73)(H,64,76)(H,65,77)(H,66,70)(H,67,71)/t33-,34-,35?,36+,37?,40?,41+,42+,43+,44+,45-,46-,57?,58?,59?/m1/s1. The smallest absolute Gasteiger partial charge is 0.246 e. The molecule has 4 saturated carbocycles. The Morgan fingerprint density at radius 3 is 1.39 bits per heavy atom. The average molecular weight is 1060 g/mol. The first kappa shape index (κ1) is 57.3. The summed E-state index contributed by atoms with van der Waals surface area (Å²) in [7, 11) is 3.33. The molecular formula is C59H86N10O8. The molecular weight excluding hydrogens is 977 g/mol. The molecule has 18 heteroatoms. The van der Waals surface area contributed by atoms with Crippen LogP contribution in [-0.4, -0.2) is 133 Å². The van der Waals surface area contributed by atoms with Crippen LogP contribution in [0.1, 0.15) is 144 Å². The van der Waals surface area contributed by atoms with Crippen molar-refractivity contribution in [1.82, 2.24) is 52.3 Å². The summed E-state index contributed by atoms with van der Waals surface area (Å²) in [5, 5.41) is 24.7. The topological polar surface area (TPSA) is 239 Å². The number of fused-ring (bicyclic) bond motifs is 2. The van der Waals surface area contributed by atoms with E-state index in [-0.39, 0.29) is 85.3 Å². The third-order valence-corrected chi connectivity index (χ3v) is 18.7. The second kappa shape index (κ2) is 21.7. The number of rotatable bonds is 18. The van der Waals surface area contributed by atoms with Crippen LogP contribution in [-0.2, 0) is 38.4 Å². The van der Waals surface area contributed by atoms with Gasteiger partial charge in [-0.25, -0.2) is 0 Å². The fraction of sp³-hybridized carbons (Fsp3) is 0.661. The van der Waals surface area contributed by atoms with E-state index < -0.39 is 87.2 Å². The molecule has 15 atom stereocenters. The molecule has 6 fully saturated rings. The summed E-state index contributed by atoms with van der Waals surface area (Å²) < 4.78 is 0. The van der Waals surface area contributed by atoms with E-state index >= 15 is 9.59 Å². The van der Waals surface area contributed by atoms with Gasteiger partial charge in [-0.2, -0.15) is 0 Å². The summed E-state index contributed by atoms with van der Waals surface area (Å²) in [4.78, 5) is 119. The molecule has 6 unspecified atom stereocenters. The lowest BCUT2D eigenvalue weighted by Gasteiger charge is -2.57. The van der Waals surface area contributed by atoms with Gasteiger partial charge in [0.15, 0.2) is 0 Å². The van der Waals surface area contributed by atoms with Crippen LogP contribution in [0.2, 0.25) is 0 Å². The number of nitrogens with one attached hydrogen (secondary N) is 8. The number of carbonyl (C=O) groups excluding carboxylic acids is 8. The number of hydrogen-bond acceptors (Lipinski definition) is 10. The first-order valence-electron chi connectivity index (χ1n) is 28.1. The van der Waals surface area contributed by atoms with Gasteiger partial charge in [-0.1, -0.05) is 102 Å². The minimum absolute atomic E-state index is 0.0509. The molecule has 420 valence electrons. The maximum atomic E-state index is 15.3. The Labute approximate surface area is 455 Å². The molecule has 77 heavy (non-hydrogen) atoms. The van der Waals surface area contributed by atoms with Gasteiger partial charge in [-0.05, 0) is 132 Å². The molecule has 0 aromatic heterocycles. The molecule has 2 aromatic rings. The van der Waals surface area contributed by atoms with Crippen molar-refractivity contribution in [3.63, 3.8) is 0 Å². The van der Waals surface area contributed by atoms with E-state index in [1.807, 2.05) is 116 Å². The first-order valence-corrected chi connectivity index (χ1v) is 28.1. The largest absolute Gasteiger partial charge is 0.351 e. The number of hydrogen-bond donors (Lipinski definition) is 8. The molecule has 2 heterocycles. The summed E-state index contributed by atoms with van der Waals surface area (Å²) in [6.45, 7) is 18.5. The highest BCUT2D eigenvalue weighted by Gasteiger charge is 2.81. The maximum Gasteiger partial charge on any atom is 0.246 e. The van der Waals surface area contributed by atoms with Crippen molar-refractivity contribution in [1.29, 1.82) is 0 Å². The van der Waals surface area contributed by atoms with Gasteiger partial charge in [-0.15, -0.1) is 0 Å². The number of amides is 8. The maximum absolute atomic E-state index is 15.3. The van der Waals surface area contributed by atoms with Gasteiger partial charge in [0, 0.05) is 25.2 Å². The Balaban J connectivity index is 1.03. The van der Waals surface area contributed by atoms with Crippen molar-refractivity contribution in [3.05, 3.63) is 71.8 Å². The van der Waals surface area contributed by atoms with E-state index in [4.69, 9.17) is 0 Å². The second-order valence-electron chi connectivity index (χ2n) is 26.0. The zero-order chi connectivity index (χ0) is 56.2. The molecule has 8 rings (SSSR count). The molecule has 8 amide bonds. The molecule has 3 bridgehead atoms. The zero-order valence-electron chi connectivity index (χ0n) is 47.4. The van der Waals surface area contributed by atoms with Gasteiger partial charge in [0.25, 0.3) is 0 Å². The summed E-state index contributed by atoms with van der Waals surface area (Å²) in [6, 6.07) is 12.2. The number of nitrogens with zero attached hydrogens (tertiary/aromatic N) is 2. The van der Waals surface area contributed by atoms with Crippen molar-refractivity contribution in [2.24, 2.45) is 38.9 Å². The Hall–Kier alpha value is -5.88. The van der Waals surface area contributed by atoms with Gasteiger partial charge in [0.05, 0.1) is 35.0 Å². The highest BCUT2D eigenvalue weighted by molar-refractivity contribution is 5.96. The summed E-state index contributed by atoms with van der Waals surface area (Å²) in [6.07, 6.45) is 4.25. The second-order valence-corrected chi connectivity index (χ2v) is 26.0. The lowest BCUT2D eigenvalue weighted by Crippen LogP contribution is -2.61. The molecule has 4 aliphatic carbocycles. The fourth-order valence-corrected chi connectivity index (χ4v) is 14.4. The molecule has 8 N–H and O–H groups in total. The minimum Gasteiger partial charge on any atom is -0.351 e. The van der Waals surface area contributed by atoms with E-state index in [2.05, 4.69) is 42.5 Å². The van der Waals surface area contributed by atoms with E-state index in [1.165, 1.54) is 9.80 Å². The average Bonchev–Trinajstić information content (AvgIpc) is 4.12. The lowest BCUT2D eigenvalue weighted by molar-refractivity contribution is -0.161. The molecule has 2 aromatic carbocycles. The van der Waals surface area contributed by atoms with Crippen LogP contribution in [0, 0.1) is 38.9 Å². The van der Waals surface area contributed by atoms with Crippen LogP contribution in [0.5, 0.6) is 0 Å². The predicted octanol–water partition coefficient (Wildman–Crippen LogP) is 3.78. The summed E-state index contributed by atoms with van der Waals surface area (Å²) in [5.74, 6) is -2.06. The van der Waals surface area contributed by atoms with E-state index in [0.29, 0.717) is 25.7 Å². The van der Waals surface area contributed by atoms with Crippen LogP contribution in [0.4, 0.5) is 0 Å². The monoisotopic (exact) mass is 1060 g/mol. The van der Waals surface area contributed by atoms with E-state index in [0.717, 1.165) is 24.0 Å².